The molecule has 1 saturated heterocycles. The summed E-state index contributed by atoms with van der Waals surface area (Å²) in [6.45, 7) is 0.396. The number of likely N-dealkylation sites (tertiary alicyclic amines) is 1. The zero-order chi connectivity index (χ0) is 14.7. The molecule has 0 saturated carbocycles. The fourth-order valence-corrected chi connectivity index (χ4v) is 2.32. The highest BCUT2D eigenvalue weighted by Gasteiger charge is 2.32. The van der Waals surface area contributed by atoms with E-state index in [1.54, 1.807) is 0 Å². The Morgan fingerprint density at radius 3 is 2.45 bits per heavy atom. The highest BCUT2D eigenvalue weighted by atomic mass is 16.6. The van der Waals surface area contributed by atoms with E-state index in [2.05, 4.69) is 0 Å². The summed E-state index contributed by atoms with van der Waals surface area (Å²) in [7, 11) is 0. The van der Waals surface area contributed by atoms with Crippen molar-refractivity contribution in [2.24, 2.45) is 0 Å². The number of amides is 1. The Morgan fingerprint density at radius 2 is 1.90 bits per heavy atom. The monoisotopic (exact) mass is 278 g/mol. The Bertz CT molecular complexity index is 540. The van der Waals surface area contributed by atoms with Crippen molar-refractivity contribution in [3.8, 4) is 0 Å². The summed E-state index contributed by atoms with van der Waals surface area (Å²) in [6, 6.07) is 4.38. The number of carbonyl (C=O) groups is 2. The molecule has 0 aromatic heterocycles. The third-order valence-corrected chi connectivity index (χ3v) is 3.37. The van der Waals surface area contributed by atoms with Crippen molar-refractivity contribution in [1.29, 1.82) is 0 Å². The van der Waals surface area contributed by atoms with E-state index in [-0.39, 0.29) is 11.3 Å². The Balaban J connectivity index is 2.20. The molecule has 7 nitrogen and oxygen atoms in total. The number of hydrogen-bond acceptors (Lipinski definition) is 4. The smallest absolute Gasteiger partial charge is 0.326 e. The lowest BCUT2D eigenvalue weighted by molar-refractivity contribution is -0.384. The largest absolute Gasteiger partial charge is 0.480 e. The lowest BCUT2D eigenvalue weighted by atomic mass is 10.0. The van der Waals surface area contributed by atoms with Crippen molar-refractivity contribution >= 4 is 17.6 Å². The van der Waals surface area contributed by atoms with Crippen LogP contribution < -0.4 is 0 Å². The fourth-order valence-electron chi connectivity index (χ4n) is 2.32. The molecular formula is C13H14N2O5. The number of nitro groups is 1. The molecule has 0 unspecified atom stereocenters. The molecule has 7 heteroatoms. The number of carboxylic acids is 1. The van der Waals surface area contributed by atoms with E-state index in [0.717, 1.165) is 12.8 Å². The lowest BCUT2D eigenvalue weighted by Crippen LogP contribution is -2.47. The number of rotatable bonds is 3. The van der Waals surface area contributed by atoms with Crippen molar-refractivity contribution < 1.29 is 19.6 Å². The number of nitro benzene ring substituents is 1. The van der Waals surface area contributed by atoms with E-state index in [0.29, 0.717) is 13.0 Å². The SMILES string of the molecule is O=C(O)[C@H]1CCCCN1C(=O)c1ccc([N+](=O)[O-])cc1. The molecule has 1 fully saturated rings. The average molecular weight is 278 g/mol. The van der Waals surface area contributed by atoms with Gasteiger partial charge in [-0.2, -0.15) is 0 Å². The van der Waals surface area contributed by atoms with Gasteiger partial charge < -0.3 is 10.0 Å². The minimum atomic E-state index is -1.01. The van der Waals surface area contributed by atoms with Gasteiger partial charge in [0.25, 0.3) is 11.6 Å². The molecule has 1 heterocycles. The first-order valence-corrected chi connectivity index (χ1v) is 6.29. The number of benzene rings is 1. The summed E-state index contributed by atoms with van der Waals surface area (Å²) >= 11 is 0. The molecule has 1 aromatic carbocycles. The minimum Gasteiger partial charge on any atom is -0.480 e. The molecule has 2 rings (SSSR count). The standard InChI is InChI=1S/C13H14N2O5/c16-12(9-4-6-10(7-5-9)15(19)20)14-8-2-1-3-11(14)13(17)18/h4-7,11H,1-3,8H2,(H,17,18)/t11-/m1/s1. The van der Waals surface area contributed by atoms with E-state index in [1.807, 2.05) is 0 Å². The second kappa shape index (κ2) is 5.68. The molecule has 1 N–H and O–H groups in total. The maximum absolute atomic E-state index is 12.3. The summed E-state index contributed by atoms with van der Waals surface area (Å²) in [5, 5.41) is 19.7. The van der Waals surface area contributed by atoms with Crippen LogP contribution in [0.15, 0.2) is 24.3 Å². The van der Waals surface area contributed by atoms with Crippen LogP contribution in [-0.2, 0) is 4.79 Å². The van der Waals surface area contributed by atoms with E-state index < -0.39 is 22.8 Å². The summed E-state index contributed by atoms with van der Waals surface area (Å²) in [6.07, 6.45) is 1.98. The van der Waals surface area contributed by atoms with Crippen LogP contribution in [0.3, 0.4) is 0 Å². The highest BCUT2D eigenvalue weighted by Crippen LogP contribution is 2.21. The first kappa shape index (κ1) is 14.0. The Morgan fingerprint density at radius 1 is 1.25 bits per heavy atom. The molecule has 1 atom stereocenters. The second-order valence-electron chi connectivity index (χ2n) is 4.65. The maximum atomic E-state index is 12.3. The number of nitrogens with zero attached hydrogens (tertiary/aromatic N) is 2. The molecule has 1 aromatic rings. The Labute approximate surface area is 115 Å². The molecule has 0 spiro atoms. The van der Waals surface area contributed by atoms with E-state index in [1.165, 1.54) is 29.2 Å². The summed E-state index contributed by atoms with van der Waals surface area (Å²) in [5.41, 5.74) is 0.165. The van der Waals surface area contributed by atoms with Gasteiger partial charge in [0.05, 0.1) is 4.92 Å². The van der Waals surface area contributed by atoms with Gasteiger partial charge in [-0.25, -0.2) is 4.79 Å². The number of non-ortho nitro benzene ring substituents is 1. The number of carbonyl (C=O) groups excluding carboxylic acids is 1. The Hall–Kier alpha value is -2.44. The van der Waals surface area contributed by atoms with Crippen LogP contribution >= 0.6 is 0 Å². The molecule has 0 aliphatic carbocycles. The Kier molecular flexibility index (Phi) is 3.97. The van der Waals surface area contributed by atoms with E-state index >= 15 is 0 Å². The molecule has 0 radical (unpaired) electrons. The van der Waals surface area contributed by atoms with Crippen LogP contribution in [0.5, 0.6) is 0 Å². The van der Waals surface area contributed by atoms with Crippen molar-refractivity contribution in [3.63, 3.8) is 0 Å². The van der Waals surface area contributed by atoms with Gasteiger partial charge in [-0.1, -0.05) is 0 Å². The second-order valence-corrected chi connectivity index (χ2v) is 4.65. The van der Waals surface area contributed by atoms with Gasteiger partial charge in [0.2, 0.25) is 0 Å². The summed E-state index contributed by atoms with van der Waals surface area (Å²) in [5.74, 6) is -1.41. The number of piperidine rings is 1. The van der Waals surface area contributed by atoms with Gasteiger partial charge >= 0.3 is 5.97 Å². The first-order chi connectivity index (χ1) is 9.50. The predicted molar refractivity (Wildman–Crippen MR) is 69.4 cm³/mol. The molecule has 1 aliphatic rings. The first-order valence-electron chi connectivity index (χ1n) is 6.29. The summed E-state index contributed by atoms with van der Waals surface area (Å²) in [4.78, 5) is 34.8. The van der Waals surface area contributed by atoms with Gasteiger partial charge in [0.1, 0.15) is 6.04 Å². The van der Waals surface area contributed by atoms with Gasteiger partial charge in [-0.05, 0) is 31.4 Å². The number of carboxylic acid groups (broad SMARTS) is 1. The number of aliphatic carboxylic acids is 1. The molecule has 0 bridgehead atoms. The fraction of sp³-hybridized carbons (Fsp3) is 0.385. The average Bonchev–Trinajstić information content (AvgIpc) is 2.46. The molecule has 1 amide bonds. The molecule has 1 aliphatic heterocycles. The van der Waals surface area contributed by atoms with Gasteiger partial charge in [-0.3, -0.25) is 14.9 Å². The van der Waals surface area contributed by atoms with Crippen LogP contribution in [0.1, 0.15) is 29.6 Å². The van der Waals surface area contributed by atoms with Crippen LogP contribution in [0.2, 0.25) is 0 Å². The molecule has 20 heavy (non-hydrogen) atoms. The summed E-state index contributed by atoms with van der Waals surface area (Å²) < 4.78 is 0. The van der Waals surface area contributed by atoms with Crippen molar-refractivity contribution in [3.05, 3.63) is 39.9 Å². The van der Waals surface area contributed by atoms with Crippen molar-refractivity contribution in [2.45, 2.75) is 25.3 Å². The molecular weight excluding hydrogens is 264 g/mol. The topological polar surface area (TPSA) is 101 Å². The normalized spacial score (nSPS) is 18.6. The molecule has 106 valence electrons. The van der Waals surface area contributed by atoms with Gasteiger partial charge in [-0.15, -0.1) is 0 Å². The van der Waals surface area contributed by atoms with Gasteiger partial charge in [0, 0.05) is 24.2 Å². The third kappa shape index (κ3) is 2.76. The zero-order valence-corrected chi connectivity index (χ0v) is 10.7. The van der Waals surface area contributed by atoms with Crippen LogP contribution in [0.25, 0.3) is 0 Å². The minimum absolute atomic E-state index is 0.102. The van der Waals surface area contributed by atoms with Crippen LogP contribution in [-0.4, -0.2) is 39.4 Å². The number of hydrogen-bond donors (Lipinski definition) is 1. The van der Waals surface area contributed by atoms with Gasteiger partial charge in [0.15, 0.2) is 0 Å². The van der Waals surface area contributed by atoms with E-state index in [9.17, 15) is 19.7 Å². The van der Waals surface area contributed by atoms with Crippen LogP contribution in [0, 0.1) is 10.1 Å². The lowest BCUT2D eigenvalue weighted by Gasteiger charge is -2.32. The zero-order valence-electron chi connectivity index (χ0n) is 10.7. The van der Waals surface area contributed by atoms with E-state index in [4.69, 9.17) is 5.11 Å². The quantitative estimate of drug-likeness (QED) is 0.669. The predicted octanol–water partition coefficient (Wildman–Crippen LogP) is 1.67. The maximum Gasteiger partial charge on any atom is 0.326 e. The third-order valence-electron chi connectivity index (χ3n) is 3.37. The van der Waals surface area contributed by atoms with Crippen molar-refractivity contribution in [2.75, 3.05) is 6.54 Å². The van der Waals surface area contributed by atoms with Crippen LogP contribution in [0.4, 0.5) is 5.69 Å². The highest BCUT2D eigenvalue weighted by molar-refractivity contribution is 5.96. The van der Waals surface area contributed by atoms with Crippen molar-refractivity contribution in [1.82, 2.24) is 4.90 Å².